The van der Waals surface area contributed by atoms with E-state index in [0.29, 0.717) is 5.41 Å². The minimum atomic E-state index is 0.350. The van der Waals surface area contributed by atoms with Crippen LogP contribution in [0.25, 0.3) is 5.69 Å². The zero-order valence-corrected chi connectivity index (χ0v) is 16.1. The van der Waals surface area contributed by atoms with Gasteiger partial charge in [-0.2, -0.15) is 5.10 Å². The number of aromatic nitrogens is 2. The Morgan fingerprint density at radius 3 is 2.50 bits per heavy atom. The quantitative estimate of drug-likeness (QED) is 0.783. The summed E-state index contributed by atoms with van der Waals surface area (Å²) >= 11 is 6.32. The molecule has 4 saturated carbocycles. The zero-order chi connectivity index (χ0) is 17.5. The lowest BCUT2D eigenvalue weighted by atomic mass is 9.48. The first kappa shape index (κ1) is 15.6. The SMILES string of the molecule is Cc1ccc(Cl)cc1-n1nc(C23CC4CC(CC(C4)C2)C3)c2c1NCC2. The van der Waals surface area contributed by atoms with Gasteiger partial charge in [-0.25, -0.2) is 4.68 Å². The van der Waals surface area contributed by atoms with Crippen LogP contribution in [0.15, 0.2) is 18.2 Å². The number of anilines is 1. The molecule has 136 valence electrons. The van der Waals surface area contributed by atoms with Crippen LogP contribution >= 0.6 is 11.6 Å². The van der Waals surface area contributed by atoms with E-state index < -0.39 is 0 Å². The highest BCUT2D eigenvalue weighted by atomic mass is 35.5. The smallest absolute Gasteiger partial charge is 0.133 e. The maximum absolute atomic E-state index is 6.32. The van der Waals surface area contributed by atoms with E-state index in [1.165, 1.54) is 61.2 Å². The molecule has 1 aliphatic heterocycles. The van der Waals surface area contributed by atoms with Crippen LogP contribution in [0, 0.1) is 24.7 Å². The topological polar surface area (TPSA) is 29.9 Å². The number of hydrogen-bond acceptors (Lipinski definition) is 2. The molecular weight excluding hydrogens is 342 g/mol. The first-order valence-corrected chi connectivity index (χ1v) is 10.6. The molecular formula is C22H26ClN3. The van der Waals surface area contributed by atoms with Crippen LogP contribution in [-0.4, -0.2) is 16.3 Å². The predicted octanol–water partition coefficient (Wildman–Crippen LogP) is 5.27. The Hall–Kier alpha value is -1.48. The van der Waals surface area contributed by atoms with Gasteiger partial charge in [0.05, 0.1) is 11.4 Å². The fourth-order valence-electron chi connectivity index (χ4n) is 6.99. The summed E-state index contributed by atoms with van der Waals surface area (Å²) in [7, 11) is 0. The van der Waals surface area contributed by atoms with Crippen molar-refractivity contribution in [3.05, 3.63) is 40.0 Å². The van der Waals surface area contributed by atoms with Gasteiger partial charge in [-0.15, -0.1) is 0 Å². The Bertz CT molecular complexity index is 862. The molecule has 4 fully saturated rings. The third-order valence-electron chi connectivity index (χ3n) is 7.59. The van der Waals surface area contributed by atoms with Gasteiger partial charge >= 0.3 is 0 Å². The maximum atomic E-state index is 6.32. The van der Waals surface area contributed by atoms with Crippen molar-refractivity contribution in [2.45, 2.75) is 57.3 Å². The van der Waals surface area contributed by atoms with Crippen molar-refractivity contribution >= 4 is 17.4 Å². The lowest BCUT2D eigenvalue weighted by Crippen LogP contribution is -2.49. The predicted molar refractivity (Wildman–Crippen MR) is 105 cm³/mol. The van der Waals surface area contributed by atoms with Gasteiger partial charge in [0.1, 0.15) is 5.82 Å². The van der Waals surface area contributed by atoms with E-state index in [9.17, 15) is 0 Å². The first-order valence-electron chi connectivity index (χ1n) is 10.2. The fraction of sp³-hybridized carbons (Fsp3) is 0.591. The largest absolute Gasteiger partial charge is 0.369 e. The Morgan fingerprint density at radius 1 is 1.12 bits per heavy atom. The van der Waals surface area contributed by atoms with Crippen molar-refractivity contribution in [3.63, 3.8) is 0 Å². The average Bonchev–Trinajstić information content (AvgIpc) is 3.18. The van der Waals surface area contributed by atoms with E-state index in [-0.39, 0.29) is 0 Å². The summed E-state index contributed by atoms with van der Waals surface area (Å²) in [5.74, 6) is 4.07. The molecule has 0 saturated heterocycles. The van der Waals surface area contributed by atoms with Crippen molar-refractivity contribution in [1.82, 2.24) is 9.78 Å². The molecule has 2 heterocycles. The van der Waals surface area contributed by atoms with Crippen molar-refractivity contribution in [2.24, 2.45) is 17.8 Å². The third kappa shape index (κ3) is 2.10. The van der Waals surface area contributed by atoms with Gasteiger partial charge in [0, 0.05) is 22.5 Å². The van der Waals surface area contributed by atoms with Crippen molar-refractivity contribution in [2.75, 3.05) is 11.9 Å². The molecule has 5 aliphatic rings. The zero-order valence-electron chi connectivity index (χ0n) is 15.4. The molecule has 0 amide bonds. The minimum Gasteiger partial charge on any atom is -0.369 e. The fourth-order valence-corrected chi connectivity index (χ4v) is 7.15. The highest BCUT2D eigenvalue weighted by molar-refractivity contribution is 6.30. The summed E-state index contributed by atoms with van der Waals surface area (Å²) in [5, 5.41) is 9.69. The number of fused-ring (bicyclic) bond motifs is 1. The summed E-state index contributed by atoms with van der Waals surface area (Å²) in [6.45, 7) is 3.19. The molecule has 0 radical (unpaired) electrons. The van der Waals surface area contributed by atoms with E-state index >= 15 is 0 Å². The molecule has 7 rings (SSSR count). The van der Waals surface area contributed by atoms with Gasteiger partial charge in [-0.05, 0) is 87.3 Å². The van der Waals surface area contributed by atoms with E-state index in [1.54, 1.807) is 0 Å². The number of halogens is 1. The molecule has 0 unspecified atom stereocenters. The van der Waals surface area contributed by atoms with Gasteiger partial charge in [0.2, 0.25) is 0 Å². The molecule has 0 atom stereocenters. The van der Waals surface area contributed by atoms with Gasteiger partial charge in [-0.3, -0.25) is 0 Å². The molecule has 4 bridgehead atoms. The molecule has 4 heteroatoms. The average molecular weight is 368 g/mol. The Labute approximate surface area is 160 Å². The van der Waals surface area contributed by atoms with Crippen LogP contribution in [0.2, 0.25) is 5.02 Å². The Balaban J connectivity index is 1.52. The molecule has 1 N–H and O–H groups in total. The number of nitrogens with zero attached hydrogens (tertiary/aromatic N) is 2. The van der Waals surface area contributed by atoms with E-state index in [0.717, 1.165) is 41.4 Å². The number of benzene rings is 1. The molecule has 26 heavy (non-hydrogen) atoms. The summed E-state index contributed by atoms with van der Waals surface area (Å²) in [5.41, 5.74) is 5.62. The third-order valence-corrected chi connectivity index (χ3v) is 7.83. The van der Waals surface area contributed by atoms with Crippen LogP contribution in [0.4, 0.5) is 5.82 Å². The maximum Gasteiger partial charge on any atom is 0.133 e. The van der Waals surface area contributed by atoms with E-state index in [1.807, 2.05) is 6.07 Å². The standard InChI is InChI=1S/C22H26ClN3/c1-13-2-3-17(23)9-19(13)26-21-18(4-5-24-21)20(25-26)22-10-14-6-15(11-22)8-16(7-14)12-22/h2-3,9,14-16,24H,4-8,10-12H2,1H3. The van der Waals surface area contributed by atoms with Crippen LogP contribution in [0.1, 0.15) is 55.3 Å². The van der Waals surface area contributed by atoms with E-state index in [4.69, 9.17) is 16.7 Å². The van der Waals surface area contributed by atoms with Crippen molar-refractivity contribution < 1.29 is 0 Å². The van der Waals surface area contributed by atoms with Gasteiger partial charge in [0.25, 0.3) is 0 Å². The number of hydrogen-bond donors (Lipinski definition) is 1. The summed E-state index contributed by atoms with van der Waals surface area (Å²) in [6.07, 6.45) is 9.67. The second-order valence-electron chi connectivity index (χ2n) is 9.39. The lowest BCUT2D eigenvalue weighted by Gasteiger charge is -2.56. The van der Waals surface area contributed by atoms with Crippen LogP contribution in [0.3, 0.4) is 0 Å². The van der Waals surface area contributed by atoms with Gasteiger partial charge in [-0.1, -0.05) is 17.7 Å². The van der Waals surface area contributed by atoms with Gasteiger partial charge < -0.3 is 5.32 Å². The minimum absolute atomic E-state index is 0.350. The molecule has 2 aromatic rings. The monoisotopic (exact) mass is 367 g/mol. The molecule has 1 aromatic heterocycles. The molecule has 3 nitrogen and oxygen atoms in total. The molecule has 4 aliphatic carbocycles. The number of nitrogens with one attached hydrogen (secondary N) is 1. The Kier molecular flexibility index (Phi) is 3.16. The van der Waals surface area contributed by atoms with Crippen molar-refractivity contribution in [3.8, 4) is 5.69 Å². The van der Waals surface area contributed by atoms with E-state index in [2.05, 4.69) is 29.1 Å². The summed E-state index contributed by atoms with van der Waals surface area (Å²) in [6, 6.07) is 6.14. The van der Waals surface area contributed by atoms with Gasteiger partial charge in [0.15, 0.2) is 0 Å². The Morgan fingerprint density at radius 2 is 1.81 bits per heavy atom. The normalized spacial score (nSPS) is 34.2. The van der Waals surface area contributed by atoms with Crippen LogP contribution in [-0.2, 0) is 11.8 Å². The van der Waals surface area contributed by atoms with Crippen LogP contribution < -0.4 is 5.32 Å². The summed E-state index contributed by atoms with van der Waals surface area (Å²) < 4.78 is 2.16. The highest BCUT2D eigenvalue weighted by Gasteiger charge is 2.54. The van der Waals surface area contributed by atoms with Crippen LogP contribution in [0.5, 0.6) is 0 Å². The highest BCUT2D eigenvalue weighted by Crippen LogP contribution is 2.61. The second kappa shape index (κ2) is 5.28. The van der Waals surface area contributed by atoms with Crippen molar-refractivity contribution in [1.29, 1.82) is 0 Å². The second-order valence-corrected chi connectivity index (χ2v) is 9.83. The molecule has 0 spiro atoms. The molecule has 1 aromatic carbocycles. The lowest BCUT2D eigenvalue weighted by molar-refractivity contribution is -0.00770. The number of rotatable bonds is 2. The number of aryl methyl sites for hydroxylation is 1. The first-order chi connectivity index (χ1) is 12.6. The summed E-state index contributed by atoms with van der Waals surface area (Å²) in [4.78, 5) is 0.